The van der Waals surface area contributed by atoms with Crippen molar-refractivity contribution in [1.82, 2.24) is 23.3 Å². The molecule has 8 nitrogen and oxygen atoms in total. The van der Waals surface area contributed by atoms with Crippen molar-refractivity contribution in [3.8, 4) is 11.4 Å². The first-order valence-corrected chi connectivity index (χ1v) is 15.5. The van der Waals surface area contributed by atoms with Gasteiger partial charge in [0.15, 0.2) is 5.16 Å². The Kier molecular flexibility index (Phi) is 7.35. The predicted molar refractivity (Wildman–Crippen MR) is 163 cm³/mol. The highest BCUT2D eigenvalue weighted by Gasteiger charge is 2.25. The van der Waals surface area contributed by atoms with Gasteiger partial charge < -0.3 is 0 Å². The molecule has 0 N–H and O–H groups in total. The first-order valence-electron chi connectivity index (χ1n) is 12.3. The first-order chi connectivity index (χ1) is 19.8. The van der Waals surface area contributed by atoms with E-state index in [1.807, 2.05) is 66.7 Å². The van der Waals surface area contributed by atoms with Crippen LogP contribution < -0.4 is 5.56 Å². The van der Waals surface area contributed by atoms with Gasteiger partial charge in [-0.2, -0.15) is 8.42 Å². The van der Waals surface area contributed by atoms with Gasteiger partial charge in [-0.3, -0.25) is 13.9 Å². The molecule has 0 aliphatic heterocycles. The summed E-state index contributed by atoms with van der Waals surface area (Å²) in [6.07, 6.45) is 0. The molecule has 4 aromatic carbocycles. The highest BCUT2D eigenvalue weighted by atomic mass is 35.5. The lowest BCUT2D eigenvalue weighted by Gasteiger charge is -2.13. The fourth-order valence-electron chi connectivity index (χ4n) is 4.32. The third kappa shape index (κ3) is 5.13. The summed E-state index contributed by atoms with van der Waals surface area (Å²) in [5.74, 6) is 0.532. The van der Waals surface area contributed by atoms with E-state index in [9.17, 15) is 13.2 Å². The second kappa shape index (κ2) is 11.1. The minimum atomic E-state index is -4.12. The Morgan fingerprint density at radius 3 is 2.02 bits per heavy atom. The Labute approximate surface area is 249 Å². The third-order valence-electron chi connectivity index (χ3n) is 6.26. The van der Waals surface area contributed by atoms with Gasteiger partial charge in [-0.25, -0.2) is 4.98 Å². The van der Waals surface area contributed by atoms with Crippen molar-refractivity contribution < 1.29 is 8.42 Å². The molecule has 2 heterocycles. The molecule has 6 aromatic rings. The number of nitrogens with zero attached hydrogens (tertiary/aromatic N) is 5. The van der Waals surface area contributed by atoms with Crippen LogP contribution in [0.2, 0.25) is 5.02 Å². The quantitative estimate of drug-likeness (QED) is 0.118. The summed E-state index contributed by atoms with van der Waals surface area (Å²) in [6, 6.07) is 31.4. The molecule has 0 unspecified atom stereocenters. The Hall–Kier alpha value is -4.03. The van der Waals surface area contributed by atoms with Crippen LogP contribution in [-0.2, 0) is 15.8 Å². The largest absolute Gasteiger partial charge is 0.285 e. The zero-order valence-corrected chi connectivity index (χ0v) is 24.4. The number of thioether (sulfide) groups is 1. The van der Waals surface area contributed by atoms with E-state index < -0.39 is 10.0 Å². The maximum absolute atomic E-state index is 13.6. The number of fused-ring (bicyclic) bond motifs is 1. The van der Waals surface area contributed by atoms with Crippen molar-refractivity contribution in [3.05, 3.63) is 135 Å². The fourth-order valence-corrected chi connectivity index (χ4v) is 7.09. The third-order valence-corrected chi connectivity index (χ3v) is 9.50. The summed E-state index contributed by atoms with van der Waals surface area (Å²) in [5.41, 5.74) is 1.66. The summed E-state index contributed by atoms with van der Waals surface area (Å²) < 4.78 is 31.2. The Morgan fingerprint density at radius 2 is 1.37 bits per heavy atom. The second-order valence-electron chi connectivity index (χ2n) is 8.85. The highest BCUT2D eigenvalue weighted by molar-refractivity contribution is 7.98. The molecule has 0 bridgehead atoms. The van der Waals surface area contributed by atoms with E-state index in [4.69, 9.17) is 28.8 Å². The Balaban J connectivity index is 1.49. The van der Waals surface area contributed by atoms with Crippen LogP contribution in [0.3, 0.4) is 0 Å². The number of hydrogen-bond acceptors (Lipinski definition) is 7. The van der Waals surface area contributed by atoms with E-state index in [1.165, 1.54) is 36.0 Å². The van der Waals surface area contributed by atoms with Crippen LogP contribution in [0.5, 0.6) is 0 Å². The van der Waals surface area contributed by atoms with Crippen LogP contribution >= 0.6 is 35.6 Å². The topological polar surface area (TPSA) is 91.8 Å². The standard InChI is InChI=1S/C29H20ClN5O3S3/c30-20-15-17-23(18-16-20)41(37,38)35-29(39)33(21-9-3-1-4-10-21)26(32-35)19-40-28-31-25-14-8-7-13-24(25)27(36)34(28)22-11-5-2-6-12-22/h1-18H,19H2. The number of halogens is 1. The number of aromatic nitrogens is 5. The smallest absolute Gasteiger partial charge is 0.270 e. The minimum absolute atomic E-state index is 0.00373. The van der Waals surface area contributed by atoms with Crippen molar-refractivity contribution in [2.45, 2.75) is 15.8 Å². The number of hydrogen-bond donors (Lipinski definition) is 0. The molecule has 0 spiro atoms. The summed E-state index contributed by atoms with van der Waals surface area (Å²) >= 11 is 12.9. The van der Waals surface area contributed by atoms with Crippen molar-refractivity contribution >= 4 is 56.5 Å². The second-order valence-corrected chi connectivity index (χ2v) is 12.4. The molecule has 0 aliphatic rings. The fraction of sp³-hybridized carbons (Fsp3) is 0.0345. The molecule has 0 atom stereocenters. The lowest BCUT2D eigenvalue weighted by atomic mass is 10.2. The molecule has 0 saturated heterocycles. The molecular weight excluding hydrogens is 598 g/mol. The van der Waals surface area contributed by atoms with Gasteiger partial charge in [0, 0.05) is 10.7 Å². The van der Waals surface area contributed by atoms with E-state index in [0.717, 1.165) is 4.09 Å². The summed E-state index contributed by atoms with van der Waals surface area (Å²) in [7, 11) is -4.12. The molecule has 0 radical (unpaired) electrons. The average Bonchev–Trinajstić information content (AvgIpc) is 3.34. The first kappa shape index (κ1) is 27.2. The van der Waals surface area contributed by atoms with Gasteiger partial charge in [0.05, 0.1) is 27.2 Å². The van der Waals surface area contributed by atoms with Gasteiger partial charge in [-0.05, 0) is 72.9 Å². The normalized spacial score (nSPS) is 11.6. The molecule has 0 aliphatic carbocycles. The van der Waals surface area contributed by atoms with Crippen LogP contribution in [0, 0.1) is 4.77 Å². The van der Waals surface area contributed by atoms with Crippen molar-refractivity contribution in [2.24, 2.45) is 0 Å². The van der Waals surface area contributed by atoms with E-state index in [0.29, 0.717) is 38.3 Å². The van der Waals surface area contributed by atoms with E-state index in [1.54, 1.807) is 27.3 Å². The van der Waals surface area contributed by atoms with Crippen LogP contribution in [0.4, 0.5) is 0 Å². The SMILES string of the molecule is O=c1c2ccccc2nc(SCc2nn(S(=O)(=O)c3ccc(Cl)cc3)c(=S)n2-c2ccccc2)n1-c1ccccc1. The van der Waals surface area contributed by atoms with Crippen molar-refractivity contribution in [2.75, 3.05) is 0 Å². The van der Waals surface area contributed by atoms with E-state index in [2.05, 4.69) is 5.10 Å². The molecular formula is C29H20ClN5O3S3. The molecule has 0 saturated carbocycles. The zero-order valence-electron chi connectivity index (χ0n) is 21.2. The zero-order chi connectivity index (χ0) is 28.6. The monoisotopic (exact) mass is 617 g/mol. The molecule has 6 rings (SSSR count). The number of benzene rings is 4. The van der Waals surface area contributed by atoms with Gasteiger partial charge in [0.25, 0.3) is 15.6 Å². The molecule has 41 heavy (non-hydrogen) atoms. The molecule has 204 valence electrons. The Morgan fingerprint density at radius 1 is 0.780 bits per heavy atom. The van der Waals surface area contributed by atoms with Crippen LogP contribution in [0.1, 0.15) is 5.82 Å². The van der Waals surface area contributed by atoms with Crippen LogP contribution in [0.15, 0.2) is 124 Å². The lowest BCUT2D eigenvalue weighted by molar-refractivity contribution is 0.578. The maximum atomic E-state index is 13.6. The molecule has 0 fully saturated rings. The molecule has 0 amide bonds. The molecule has 12 heteroatoms. The number of rotatable bonds is 7. The van der Waals surface area contributed by atoms with Gasteiger partial charge in [-0.1, -0.05) is 71.9 Å². The van der Waals surface area contributed by atoms with Gasteiger partial charge >= 0.3 is 0 Å². The summed E-state index contributed by atoms with van der Waals surface area (Å²) in [6.45, 7) is 0. The maximum Gasteiger partial charge on any atom is 0.285 e. The van der Waals surface area contributed by atoms with Crippen molar-refractivity contribution in [1.29, 1.82) is 0 Å². The van der Waals surface area contributed by atoms with Gasteiger partial charge in [0.1, 0.15) is 5.82 Å². The Bertz CT molecular complexity index is 2110. The summed E-state index contributed by atoms with van der Waals surface area (Å²) in [4.78, 5) is 18.4. The van der Waals surface area contributed by atoms with Crippen molar-refractivity contribution in [3.63, 3.8) is 0 Å². The average molecular weight is 618 g/mol. The van der Waals surface area contributed by atoms with Crippen LogP contribution in [-0.4, -0.2) is 31.7 Å². The molecule has 2 aromatic heterocycles. The van der Waals surface area contributed by atoms with Crippen LogP contribution in [0.25, 0.3) is 22.3 Å². The minimum Gasteiger partial charge on any atom is -0.270 e. The van der Waals surface area contributed by atoms with Gasteiger partial charge in [0.2, 0.25) is 4.77 Å². The number of para-hydroxylation sites is 3. The lowest BCUT2D eigenvalue weighted by Crippen LogP contribution is -2.21. The van der Waals surface area contributed by atoms with E-state index >= 15 is 0 Å². The van der Waals surface area contributed by atoms with Gasteiger partial charge in [-0.15, -0.1) is 9.19 Å². The summed E-state index contributed by atoms with van der Waals surface area (Å²) in [5, 5.41) is 5.81. The van der Waals surface area contributed by atoms with E-state index in [-0.39, 0.29) is 21.0 Å². The predicted octanol–water partition coefficient (Wildman–Crippen LogP) is 6.29. The highest BCUT2D eigenvalue weighted by Crippen LogP contribution is 2.27.